The van der Waals surface area contributed by atoms with E-state index in [1.807, 2.05) is 24.3 Å². The Balaban J connectivity index is 1.78. The Hall–Kier alpha value is -1.00. The van der Waals surface area contributed by atoms with Crippen LogP contribution in [0.15, 0.2) is 33.9 Å². The fourth-order valence-corrected chi connectivity index (χ4v) is 4.08. The van der Waals surface area contributed by atoms with Crippen LogP contribution in [0.3, 0.4) is 0 Å². The third-order valence-corrected chi connectivity index (χ3v) is 5.22. The number of oxazole rings is 1. The van der Waals surface area contributed by atoms with Crippen molar-refractivity contribution in [2.24, 2.45) is 11.7 Å². The van der Waals surface area contributed by atoms with E-state index in [0.717, 1.165) is 22.9 Å². The van der Waals surface area contributed by atoms with Crippen LogP contribution in [0.4, 0.5) is 0 Å². The molecule has 1 aromatic heterocycles. The van der Waals surface area contributed by atoms with Gasteiger partial charge in [0.1, 0.15) is 5.52 Å². The number of benzene rings is 1. The highest BCUT2D eigenvalue weighted by Crippen LogP contribution is 2.36. The zero-order valence-corrected chi connectivity index (χ0v) is 11.9. The highest BCUT2D eigenvalue weighted by Gasteiger charge is 2.25. The van der Waals surface area contributed by atoms with Gasteiger partial charge < -0.3 is 10.2 Å². The number of nitrogens with zero attached hydrogens (tertiary/aromatic N) is 1. The molecule has 2 unspecified atom stereocenters. The van der Waals surface area contributed by atoms with Crippen molar-refractivity contribution in [2.75, 3.05) is 6.54 Å². The van der Waals surface area contributed by atoms with Crippen LogP contribution in [0.25, 0.3) is 11.1 Å². The van der Waals surface area contributed by atoms with E-state index in [4.69, 9.17) is 10.2 Å². The highest BCUT2D eigenvalue weighted by molar-refractivity contribution is 7.99. The summed E-state index contributed by atoms with van der Waals surface area (Å²) in [6.07, 6.45) is 6.42. The van der Waals surface area contributed by atoms with E-state index >= 15 is 0 Å². The normalized spacial score (nSPS) is 24.5. The maximum Gasteiger partial charge on any atom is 0.257 e. The number of aromatic nitrogens is 1. The summed E-state index contributed by atoms with van der Waals surface area (Å²) < 4.78 is 5.82. The minimum absolute atomic E-state index is 0.556. The Morgan fingerprint density at radius 1 is 1.21 bits per heavy atom. The summed E-state index contributed by atoms with van der Waals surface area (Å²) in [6.45, 7) is 0.776. The lowest BCUT2D eigenvalue weighted by atomic mass is 10.0. The number of hydrogen-bond acceptors (Lipinski definition) is 4. The van der Waals surface area contributed by atoms with Gasteiger partial charge in [0.2, 0.25) is 0 Å². The van der Waals surface area contributed by atoms with E-state index in [9.17, 15) is 0 Å². The first-order valence-corrected chi connectivity index (χ1v) is 7.97. The molecule has 0 saturated heterocycles. The molecule has 1 heterocycles. The first-order valence-electron chi connectivity index (χ1n) is 7.09. The van der Waals surface area contributed by atoms with Crippen molar-refractivity contribution in [2.45, 2.75) is 42.6 Å². The van der Waals surface area contributed by atoms with Gasteiger partial charge in [-0.15, -0.1) is 0 Å². The van der Waals surface area contributed by atoms with Crippen molar-refractivity contribution >= 4 is 22.9 Å². The van der Waals surface area contributed by atoms with Gasteiger partial charge in [-0.2, -0.15) is 0 Å². The molecule has 1 saturated carbocycles. The maximum atomic E-state index is 5.93. The lowest BCUT2D eigenvalue weighted by Crippen LogP contribution is -2.24. The van der Waals surface area contributed by atoms with E-state index in [1.165, 1.54) is 32.1 Å². The monoisotopic (exact) mass is 276 g/mol. The van der Waals surface area contributed by atoms with Crippen molar-refractivity contribution in [1.82, 2.24) is 4.98 Å². The largest absolute Gasteiger partial charge is 0.431 e. The van der Waals surface area contributed by atoms with Crippen LogP contribution in [-0.2, 0) is 0 Å². The SMILES string of the molecule is NCC1CCCCCC1Sc1nc2ccccc2o1. The fraction of sp³-hybridized carbons (Fsp3) is 0.533. The van der Waals surface area contributed by atoms with Crippen LogP contribution in [-0.4, -0.2) is 16.8 Å². The minimum Gasteiger partial charge on any atom is -0.431 e. The lowest BCUT2D eigenvalue weighted by Gasteiger charge is -2.21. The first kappa shape index (κ1) is 13.0. The third-order valence-electron chi connectivity index (χ3n) is 3.92. The van der Waals surface area contributed by atoms with Gasteiger partial charge in [-0.1, -0.05) is 43.2 Å². The average Bonchev–Trinajstić information content (AvgIpc) is 2.70. The summed E-state index contributed by atoms with van der Waals surface area (Å²) >= 11 is 1.78. The summed E-state index contributed by atoms with van der Waals surface area (Å²) in [6, 6.07) is 7.94. The van der Waals surface area contributed by atoms with Gasteiger partial charge in [0.25, 0.3) is 5.22 Å². The zero-order chi connectivity index (χ0) is 13.1. The number of nitrogens with two attached hydrogens (primary N) is 1. The molecule has 2 aromatic rings. The molecule has 0 amide bonds. The van der Waals surface area contributed by atoms with E-state index in [1.54, 1.807) is 11.8 Å². The highest BCUT2D eigenvalue weighted by atomic mass is 32.2. The quantitative estimate of drug-likeness (QED) is 0.866. The Morgan fingerprint density at radius 2 is 2.05 bits per heavy atom. The van der Waals surface area contributed by atoms with Crippen LogP contribution in [0.1, 0.15) is 32.1 Å². The van der Waals surface area contributed by atoms with E-state index < -0.39 is 0 Å². The fourth-order valence-electron chi connectivity index (χ4n) is 2.81. The van der Waals surface area contributed by atoms with Crippen molar-refractivity contribution in [1.29, 1.82) is 0 Å². The molecule has 1 aliphatic rings. The van der Waals surface area contributed by atoms with Crippen LogP contribution in [0, 0.1) is 5.92 Å². The number of thioether (sulfide) groups is 1. The van der Waals surface area contributed by atoms with Gasteiger partial charge in [0.15, 0.2) is 5.58 Å². The van der Waals surface area contributed by atoms with Crippen LogP contribution in [0.5, 0.6) is 0 Å². The van der Waals surface area contributed by atoms with Gasteiger partial charge in [0, 0.05) is 5.25 Å². The lowest BCUT2D eigenvalue weighted by molar-refractivity contribution is 0.463. The standard InChI is InChI=1S/C15H20N2OS/c16-10-11-6-2-1-3-9-14(11)19-15-17-12-7-4-5-8-13(12)18-15/h4-5,7-8,11,14H,1-3,6,9-10,16H2. The van der Waals surface area contributed by atoms with E-state index in [0.29, 0.717) is 11.2 Å². The molecular weight excluding hydrogens is 256 g/mol. The molecule has 1 aromatic carbocycles. The molecule has 3 nitrogen and oxygen atoms in total. The second kappa shape index (κ2) is 5.97. The van der Waals surface area contributed by atoms with Gasteiger partial charge in [-0.3, -0.25) is 0 Å². The van der Waals surface area contributed by atoms with Crippen LogP contribution >= 0.6 is 11.8 Å². The van der Waals surface area contributed by atoms with Gasteiger partial charge in [-0.25, -0.2) is 4.98 Å². The van der Waals surface area contributed by atoms with Crippen LogP contribution < -0.4 is 5.73 Å². The molecule has 2 N–H and O–H groups in total. The number of para-hydroxylation sites is 2. The van der Waals surface area contributed by atoms with E-state index in [-0.39, 0.29) is 0 Å². The predicted octanol–water partition coefficient (Wildman–Crippen LogP) is 3.83. The van der Waals surface area contributed by atoms with E-state index in [2.05, 4.69) is 4.98 Å². The molecule has 1 aliphatic carbocycles. The topological polar surface area (TPSA) is 52.0 Å². The molecule has 3 rings (SSSR count). The number of hydrogen-bond donors (Lipinski definition) is 1. The van der Waals surface area contributed by atoms with Gasteiger partial charge in [-0.05, 0) is 37.4 Å². The van der Waals surface area contributed by atoms with Crippen molar-refractivity contribution in [3.63, 3.8) is 0 Å². The second-order valence-corrected chi connectivity index (χ2v) is 6.43. The van der Waals surface area contributed by atoms with Gasteiger partial charge >= 0.3 is 0 Å². The molecule has 0 radical (unpaired) electrons. The average molecular weight is 276 g/mol. The van der Waals surface area contributed by atoms with Crippen molar-refractivity contribution in [3.8, 4) is 0 Å². The Morgan fingerprint density at radius 3 is 2.89 bits per heavy atom. The Bertz CT molecular complexity index is 507. The smallest absolute Gasteiger partial charge is 0.257 e. The molecule has 0 bridgehead atoms. The Labute approximate surface area is 118 Å². The molecule has 0 aliphatic heterocycles. The molecule has 19 heavy (non-hydrogen) atoms. The molecule has 4 heteroatoms. The summed E-state index contributed by atoms with van der Waals surface area (Å²) in [4.78, 5) is 4.56. The summed E-state index contributed by atoms with van der Waals surface area (Å²) in [5, 5.41) is 1.35. The maximum absolute atomic E-state index is 5.93. The molecule has 102 valence electrons. The summed E-state index contributed by atoms with van der Waals surface area (Å²) in [5.41, 5.74) is 7.75. The second-order valence-electron chi connectivity index (χ2n) is 5.24. The minimum atomic E-state index is 0.556. The number of fused-ring (bicyclic) bond motifs is 1. The molecule has 2 atom stereocenters. The molecular formula is C15H20N2OS. The van der Waals surface area contributed by atoms with Crippen LogP contribution in [0.2, 0.25) is 0 Å². The van der Waals surface area contributed by atoms with Gasteiger partial charge in [0.05, 0.1) is 0 Å². The Kier molecular flexibility index (Phi) is 4.09. The first-order chi connectivity index (χ1) is 9.36. The summed E-state index contributed by atoms with van der Waals surface area (Å²) in [5.74, 6) is 0.600. The molecule has 1 fully saturated rings. The number of rotatable bonds is 3. The predicted molar refractivity (Wildman–Crippen MR) is 79.3 cm³/mol. The molecule has 0 spiro atoms. The van der Waals surface area contributed by atoms with Crippen molar-refractivity contribution < 1.29 is 4.42 Å². The summed E-state index contributed by atoms with van der Waals surface area (Å²) in [7, 11) is 0. The zero-order valence-electron chi connectivity index (χ0n) is 11.0. The third kappa shape index (κ3) is 2.95. The van der Waals surface area contributed by atoms with Crippen molar-refractivity contribution in [3.05, 3.63) is 24.3 Å².